The van der Waals surface area contributed by atoms with Crippen LogP contribution >= 0.6 is 11.6 Å². The van der Waals surface area contributed by atoms with Crippen LogP contribution in [0.15, 0.2) is 12.1 Å². The lowest BCUT2D eigenvalue weighted by atomic mass is 10.3. The van der Waals surface area contributed by atoms with Crippen LogP contribution in [-0.2, 0) is 6.54 Å². The number of pyridine rings is 1. The quantitative estimate of drug-likeness (QED) is 0.904. The lowest BCUT2D eigenvalue weighted by Gasteiger charge is -2.20. The zero-order valence-electron chi connectivity index (χ0n) is 10.5. The first-order chi connectivity index (χ1) is 8.85. The minimum absolute atomic E-state index is 0.273. The summed E-state index contributed by atoms with van der Waals surface area (Å²) in [6.07, 6.45) is -1.99. The van der Waals surface area contributed by atoms with E-state index in [1.807, 2.05) is 0 Å². The second kappa shape index (κ2) is 5.54. The summed E-state index contributed by atoms with van der Waals surface area (Å²) in [6.45, 7) is -0.547. The van der Waals surface area contributed by atoms with Gasteiger partial charge in [-0.2, -0.15) is 13.2 Å². The Bertz CT molecular complexity index is 446. The van der Waals surface area contributed by atoms with Gasteiger partial charge in [-0.15, -0.1) is 0 Å². The fourth-order valence-electron chi connectivity index (χ4n) is 1.69. The Morgan fingerprint density at radius 3 is 2.68 bits per heavy atom. The molecule has 7 heteroatoms. The van der Waals surface area contributed by atoms with Gasteiger partial charge >= 0.3 is 6.18 Å². The molecule has 106 valence electrons. The van der Waals surface area contributed by atoms with Crippen molar-refractivity contribution in [3.8, 4) is 0 Å². The summed E-state index contributed by atoms with van der Waals surface area (Å²) in [7, 11) is 1.36. The van der Waals surface area contributed by atoms with Crippen molar-refractivity contribution in [1.82, 2.24) is 10.3 Å². The molecule has 0 saturated heterocycles. The van der Waals surface area contributed by atoms with Crippen LogP contribution in [0.3, 0.4) is 0 Å². The van der Waals surface area contributed by atoms with Gasteiger partial charge in [0.05, 0.1) is 10.7 Å². The van der Waals surface area contributed by atoms with Crippen molar-refractivity contribution in [3.05, 3.63) is 22.8 Å². The fourth-order valence-corrected chi connectivity index (χ4v) is 1.86. The van der Waals surface area contributed by atoms with Crippen LogP contribution in [0.5, 0.6) is 0 Å². The number of nitrogens with zero attached hydrogens (tertiary/aromatic N) is 2. The highest BCUT2D eigenvalue weighted by atomic mass is 35.5. The van der Waals surface area contributed by atoms with Crippen molar-refractivity contribution in [2.75, 3.05) is 18.5 Å². The van der Waals surface area contributed by atoms with E-state index in [0.29, 0.717) is 23.3 Å². The topological polar surface area (TPSA) is 28.2 Å². The molecular formula is C12H15ClF3N3. The maximum atomic E-state index is 12.3. The second-order valence-electron chi connectivity index (χ2n) is 4.72. The van der Waals surface area contributed by atoms with Crippen molar-refractivity contribution in [2.24, 2.45) is 0 Å². The Morgan fingerprint density at radius 2 is 2.11 bits per heavy atom. The van der Waals surface area contributed by atoms with Crippen molar-refractivity contribution in [3.63, 3.8) is 0 Å². The molecule has 0 atom stereocenters. The maximum Gasteiger partial charge on any atom is 0.405 e. The molecule has 1 saturated carbocycles. The van der Waals surface area contributed by atoms with Gasteiger partial charge in [0.2, 0.25) is 0 Å². The van der Waals surface area contributed by atoms with E-state index in [4.69, 9.17) is 11.6 Å². The van der Waals surface area contributed by atoms with Crippen LogP contribution < -0.4 is 10.2 Å². The average molecular weight is 294 g/mol. The molecule has 1 aliphatic rings. The Morgan fingerprint density at radius 1 is 1.42 bits per heavy atom. The lowest BCUT2D eigenvalue weighted by molar-refractivity contribution is -0.119. The molecule has 1 aliphatic carbocycles. The summed E-state index contributed by atoms with van der Waals surface area (Å²) in [4.78, 5) is 5.25. The van der Waals surface area contributed by atoms with E-state index in [-0.39, 0.29) is 5.82 Å². The summed E-state index contributed by atoms with van der Waals surface area (Å²) in [5.41, 5.74) is 0.583. The number of nitrogens with one attached hydrogen (secondary N) is 1. The zero-order valence-corrected chi connectivity index (χ0v) is 11.2. The first-order valence-corrected chi connectivity index (χ1v) is 6.39. The third kappa shape index (κ3) is 4.54. The van der Waals surface area contributed by atoms with Gasteiger partial charge in [-0.05, 0) is 25.0 Å². The molecule has 19 heavy (non-hydrogen) atoms. The zero-order chi connectivity index (χ0) is 14.0. The number of alkyl halides is 3. The van der Waals surface area contributed by atoms with Gasteiger partial charge in [0.1, 0.15) is 12.4 Å². The van der Waals surface area contributed by atoms with Gasteiger partial charge in [-0.1, -0.05) is 11.6 Å². The molecular weight excluding hydrogens is 279 g/mol. The molecule has 1 aromatic rings. The fraction of sp³-hybridized carbons (Fsp3) is 0.583. The summed E-state index contributed by atoms with van der Waals surface area (Å²) < 4.78 is 37.0. The van der Waals surface area contributed by atoms with Crippen molar-refractivity contribution < 1.29 is 13.2 Å². The molecule has 0 amide bonds. The van der Waals surface area contributed by atoms with E-state index in [1.165, 1.54) is 13.1 Å². The van der Waals surface area contributed by atoms with E-state index in [1.54, 1.807) is 6.07 Å². The molecule has 1 fully saturated rings. The molecule has 2 rings (SSSR count). The number of rotatable bonds is 5. The third-order valence-corrected chi connectivity index (χ3v) is 3.19. The molecule has 0 spiro atoms. The predicted octanol–water partition coefficient (Wildman–Crippen LogP) is 2.99. The minimum atomic E-state index is -4.25. The first-order valence-electron chi connectivity index (χ1n) is 6.02. The van der Waals surface area contributed by atoms with E-state index in [0.717, 1.165) is 17.7 Å². The standard InChI is InChI=1S/C12H15ClF3N3/c1-19(7-12(14,15)16)11-5-4-9(13)10(18-11)6-17-8-2-3-8/h4-5,8,17H,2-3,6-7H2,1H3. The van der Waals surface area contributed by atoms with Crippen molar-refractivity contribution in [1.29, 1.82) is 0 Å². The van der Waals surface area contributed by atoms with E-state index < -0.39 is 12.7 Å². The molecule has 0 aromatic carbocycles. The molecule has 0 radical (unpaired) electrons. The number of hydrogen-bond acceptors (Lipinski definition) is 3. The molecule has 0 aliphatic heterocycles. The Labute approximate surface area is 114 Å². The van der Waals surface area contributed by atoms with Gasteiger partial charge in [0.15, 0.2) is 0 Å². The molecule has 1 N–H and O–H groups in total. The SMILES string of the molecule is CN(CC(F)(F)F)c1ccc(Cl)c(CNC2CC2)n1. The second-order valence-corrected chi connectivity index (χ2v) is 5.13. The lowest BCUT2D eigenvalue weighted by Crippen LogP contribution is -2.31. The van der Waals surface area contributed by atoms with E-state index >= 15 is 0 Å². The van der Waals surface area contributed by atoms with Gasteiger partial charge in [0.25, 0.3) is 0 Å². The maximum absolute atomic E-state index is 12.3. The minimum Gasteiger partial charge on any atom is -0.351 e. The van der Waals surface area contributed by atoms with Gasteiger partial charge < -0.3 is 10.2 Å². The van der Waals surface area contributed by atoms with E-state index in [2.05, 4.69) is 10.3 Å². The normalized spacial score (nSPS) is 15.6. The molecule has 0 bridgehead atoms. The van der Waals surface area contributed by atoms with E-state index in [9.17, 15) is 13.2 Å². The third-order valence-electron chi connectivity index (χ3n) is 2.85. The molecule has 0 unspecified atom stereocenters. The molecule has 3 nitrogen and oxygen atoms in total. The van der Waals surface area contributed by atoms with Crippen LogP contribution in [0, 0.1) is 0 Å². The van der Waals surface area contributed by atoms with Crippen molar-refractivity contribution in [2.45, 2.75) is 31.6 Å². The van der Waals surface area contributed by atoms with Crippen LogP contribution in [0.1, 0.15) is 18.5 Å². The average Bonchev–Trinajstić information content (AvgIpc) is 3.09. The Hall–Kier alpha value is -1.01. The largest absolute Gasteiger partial charge is 0.405 e. The van der Waals surface area contributed by atoms with Crippen LogP contribution in [-0.4, -0.2) is 30.8 Å². The number of halogens is 4. The van der Waals surface area contributed by atoms with Crippen LogP contribution in [0.4, 0.5) is 19.0 Å². The number of aromatic nitrogens is 1. The molecule has 1 aromatic heterocycles. The summed E-state index contributed by atoms with van der Waals surface area (Å²) in [6, 6.07) is 3.57. The van der Waals surface area contributed by atoms with Crippen LogP contribution in [0.25, 0.3) is 0 Å². The summed E-state index contributed by atoms with van der Waals surface area (Å²) in [5, 5.41) is 3.71. The Balaban J connectivity index is 2.05. The highest BCUT2D eigenvalue weighted by Crippen LogP contribution is 2.24. The number of hydrogen-bond donors (Lipinski definition) is 1. The Kier molecular flexibility index (Phi) is 4.20. The highest BCUT2D eigenvalue weighted by Gasteiger charge is 2.30. The highest BCUT2D eigenvalue weighted by molar-refractivity contribution is 6.31. The monoisotopic (exact) mass is 293 g/mol. The van der Waals surface area contributed by atoms with Crippen LogP contribution in [0.2, 0.25) is 5.02 Å². The van der Waals surface area contributed by atoms with Gasteiger partial charge in [-0.3, -0.25) is 0 Å². The van der Waals surface area contributed by atoms with Crippen molar-refractivity contribution >= 4 is 17.4 Å². The summed E-state index contributed by atoms with van der Waals surface area (Å²) >= 11 is 5.99. The molecule has 1 heterocycles. The van der Waals surface area contributed by atoms with Gasteiger partial charge in [0, 0.05) is 19.6 Å². The predicted molar refractivity (Wildman–Crippen MR) is 68.4 cm³/mol. The summed E-state index contributed by atoms with van der Waals surface area (Å²) in [5.74, 6) is 0.273. The van der Waals surface area contributed by atoms with Gasteiger partial charge in [-0.25, -0.2) is 4.98 Å². The smallest absolute Gasteiger partial charge is 0.351 e. The number of anilines is 1. The first kappa shape index (κ1) is 14.4.